The average molecular weight is 764 g/mol. The van der Waals surface area contributed by atoms with E-state index in [0.717, 1.165) is 0 Å². The lowest BCUT2D eigenvalue weighted by Gasteiger charge is -2.42. The van der Waals surface area contributed by atoms with Crippen molar-refractivity contribution in [3.8, 4) is 0 Å². The Labute approximate surface area is 314 Å². The van der Waals surface area contributed by atoms with Crippen LogP contribution in [0.1, 0.15) is 53.4 Å². The molecule has 0 aliphatic carbocycles. The number of nitrogens with one attached hydrogen (secondary N) is 2. The first-order valence-electron chi connectivity index (χ1n) is 17.9. The summed E-state index contributed by atoms with van der Waals surface area (Å²) in [6.45, 7) is 17.9. The summed E-state index contributed by atoms with van der Waals surface area (Å²) < 4.78 is 21.0. The third-order valence-electron chi connectivity index (χ3n) is 9.97. The van der Waals surface area contributed by atoms with E-state index in [1.807, 2.05) is 6.92 Å². The van der Waals surface area contributed by atoms with E-state index in [0.29, 0.717) is 13.0 Å². The van der Waals surface area contributed by atoms with Gasteiger partial charge in [0.2, 0.25) is 11.8 Å². The van der Waals surface area contributed by atoms with Crippen molar-refractivity contribution in [2.24, 2.45) is 53.1 Å². The number of carbonyl (C=O) groups excluding carboxylic acids is 6. The first-order chi connectivity index (χ1) is 25.5. The number of aliphatic carboxylic acids is 2. The number of carbonyl (C=O) groups is 8. The maximum absolute atomic E-state index is 12.6. The van der Waals surface area contributed by atoms with Gasteiger partial charge in [0, 0.05) is 19.6 Å². The molecule has 4 heterocycles. The zero-order valence-electron chi connectivity index (χ0n) is 31.1. The van der Waals surface area contributed by atoms with Crippen molar-refractivity contribution < 1.29 is 67.5 Å². The Morgan fingerprint density at radius 3 is 1.87 bits per heavy atom. The predicted molar refractivity (Wildman–Crippen MR) is 190 cm³/mol. The van der Waals surface area contributed by atoms with Crippen LogP contribution in [0.4, 0.5) is 0 Å². The van der Waals surface area contributed by atoms with Crippen LogP contribution in [-0.4, -0.2) is 102 Å². The third kappa shape index (κ3) is 10.9. The van der Waals surface area contributed by atoms with Gasteiger partial charge in [0.25, 0.3) is 0 Å². The van der Waals surface area contributed by atoms with Gasteiger partial charge >= 0.3 is 35.8 Å². The van der Waals surface area contributed by atoms with E-state index in [-0.39, 0.29) is 32.4 Å². The van der Waals surface area contributed by atoms with Gasteiger partial charge in [-0.1, -0.05) is 45.9 Å². The zero-order valence-corrected chi connectivity index (χ0v) is 31.1. The maximum Gasteiger partial charge on any atom is 0.320 e. The van der Waals surface area contributed by atoms with E-state index in [1.54, 1.807) is 19.9 Å². The number of carboxylic acid groups (broad SMARTS) is 2. The zero-order chi connectivity index (χ0) is 40.9. The van der Waals surface area contributed by atoms with Gasteiger partial charge in [0.15, 0.2) is 0 Å². The topological polar surface area (TPSA) is 264 Å². The van der Waals surface area contributed by atoms with E-state index >= 15 is 0 Å². The highest BCUT2D eigenvalue weighted by molar-refractivity contribution is 5.98. The van der Waals surface area contributed by atoms with Gasteiger partial charge in [-0.2, -0.15) is 0 Å². The van der Waals surface area contributed by atoms with Crippen molar-refractivity contribution >= 4 is 47.6 Å². The third-order valence-corrected chi connectivity index (χ3v) is 9.97. The standard InChI is InChI=1S/C20H30N2O7.C14H16O7.C3H7N/c1-5-8-21-17(23)11(4)15(19(25)26)14-10-12(18(24)22-9-6-2)16(20(27)28)13(7-3)29-14;1-3-7-10-6(12(16)21-14(10)18)4-8(19-7)9-5(2)11(15)20-13(9)17;1-2-3-4/h5-6,11-16H,1-2,7-10H2,3-4H3,(H,21,23)(H,22,24)(H,25,26)(H,27,28);5-10H,3-4H2,1-2H3;2H,1,3-4H2. The molecule has 54 heavy (non-hydrogen) atoms. The SMILES string of the molecule is C=CCN.C=CCNC(=O)C(C)C(C(=O)O)C1CC(C(=O)NCC=C)C(C(=O)O)C(CC)O1.CCC1OC(C2C(=O)OC(=O)C2C)CC2C(=O)OC(=O)C12. The minimum Gasteiger partial charge on any atom is -0.481 e. The second-order valence-electron chi connectivity index (χ2n) is 13.4. The molecule has 2 amide bonds. The van der Waals surface area contributed by atoms with Crippen molar-refractivity contribution in [1.82, 2.24) is 10.6 Å². The quantitative estimate of drug-likeness (QED) is 0.0944. The van der Waals surface area contributed by atoms with Crippen LogP contribution < -0.4 is 16.4 Å². The van der Waals surface area contributed by atoms with Gasteiger partial charge in [-0.15, -0.1) is 19.7 Å². The van der Waals surface area contributed by atoms with Gasteiger partial charge in [-0.3, -0.25) is 38.4 Å². The molecule has 0 aromatic carbocycles. The molecule has 0 spiro atoms. The number of ether oxygens (including phenoxy) is 4. The van der Waals surface area contributed by atoms with Crippen LogP contribution in [0.15, 0.2) is 38.0 Å². The molecule has 4 aliphatic rings. The molecule has 0 aromatic heterocycles. The van der Waals surface area contributed by atoms with Gasteiger partial charge in [-0.25, -0.2) is 0 Å². The highest BCUT2D eigenvalue weighted by Gasteiger charge is 2.57. The van der Waals surface area contributed by atoms with Gasteiger partial charge < -0.3 is 45.5 Å². The molecule has 0 radical (unpaired) electrons. The fraction of sp³-hybridized carbons (Fsp3) is 0.622. The molecule has 0 aromatic rings. The molecule has 12 unspecified atom stereocenters. The lowest BCUT2D eigenvalue weighted by atomic mass is 9.74. The predicted octanol–water partition coefficient (Wildman–Crippen LogP) is 1.15. The molecule has 4 aliphatic heterocycles. The minimum absolute atomic E-state index is 0.119. The van der Waals surface area contributed by atoms with Crippen LogP contribution in [0.3, 0.4) is 0 Å². The van der Waals surface area contributed by atoms with E-state index in [1.165, 1.54) is 19.1 Å². The number of rotatable bonds is 14. The van der Waals surface area contributed by atoms with Crippen LogP contribution >= 0.6 is 0 Å². The van der Waals surface area contributed by atoms with Gasteiger partial charge in [0.05, 0.1) is 71.8 Å². The smallest absolute Gasteiger partial charge is 0.320 e. The first kappa shape index (κ1) is 45.4. The summed E-state index contributed by atoms with van der Waals surface area (Å²) in [6, 6.07) is 0. The highest BCUT2D eigenvalue weighted by Crippen LogP contribution is 2.43. The first-order valence-corrected chi connectivity index (χ1v) is 17.9. The summed E-state index contributed by atoms with van der Waals surface area (Å²) >= 11 is 0. The highest BCUT2D eigenvalue weighted by atomic mass is 16.6. The number of hydrogen-bond acceptors (Lipinski definition) is 13. The van der Waals surface area contributed by atoms with Gasteiger partial charge in [0.1, 0.15) is 0 Å². The van der Waals surface area contributed by atoms with Crippen molar-refractivity contribution in [2.75, 3.05) is 19.6 Å². The second kappa shape index (κ2) is 21.2. The number of hydrogen-bond donors (Lipinski definition) is 5. The number of fused-ring (bicyclic) bond motifs is 1. The van der Waals surface area contributed by atoms with Crippen LogP contribution in [0.25, 0.3) is 0 Å². The van der Waals surface area contributed by atoms with Crippen LogP contribution in [-0.2, 0) is 57.3 Å². The molecule has 12 atom stereocenters. The molecule has 0 bridgehead atoms. The minimum atomic E-state index is -1.25. The Morgan fingerprint density at radius 2 is 1.39 bits per heavy atom. The largest absolute Gasteiger partial charge is 0.481 e. The molecule has 17 heteroatoms. The lowest BCUT2D eigenvalue weighted by molar-refractivity contribution is -0.184. The summed E-state index contributed by atoms with van der Waals surface area (Å²) in [5, 5.41) is 24.6. The molecule has 4 rings (SSSR count). The summed E-state index contributed by atoms with van der Waals surface area (Å²) in [4.78, 5) is 95.5. The van der Waals surface area contributed by atoms with Crippen LogP contribution in [0.5, 0.6) is 0 Å². The number of cyclic esters (lactones) is 4. The molecule has 17 nitrogen and oxygen atoms in total. The summed E-state index contributed by atoms with van der Waals surface area (Å²) in [5.74, 6) is -12.6. The van der Waals surface area contributed by atoms with E-state index < -0.39 is 119 Å². The Hall–Kier alpha value is -4.74. The molecular formula is C37H53N3O14. The average Bonchev–Trinajstić information content (AvgIpc) is 3.58. The van der Waals surface area contributed by atoms with Crippen LogP contribution in [0, 0.1) is 47.3 Å². The Bertz CT molecular complexity index is 1450. The Morgan fingerprint density at radius 1 is 0.833 bits per heavy atom. The van der Waals surface area contributed by atoms with E-state index in [2.05, 4.69) is 39.8 Å². The summed E-state index contributed by atoms with van der Waals surface area (Å²) in [5.41, 5.74) is 4.91. The molecule has 300 valence electrons. The molecule has 4 saturated heterocycles. The van der Waals surface area contributed by atoms with Crippen molar-refractivity contribution in [3.63, 3.8) is 0 Å². The number of esters is 4. The number of nitrogens with two attached hydrogens (primary N) is 1. The molecular weight excluding hydrogens is 710 g/mol. The molecule has 6 N–H and O–H groups in total. The second-order valence-corrected chi connectivity index (χ2v) is 13.4. The van der Waals surface area contributed by atoms with E-state index in [4.69, 9.17) is 15.2 Å². The van der Waals surface area contributed by atoms with Crippen molar-refractivity contribution in [1.29, 1.82) is 0 Å². The van der Waals surface area contributed by atoms with Gasteiger partial charge in [-0.05, 0) is 25.7 Å². The Kier molecular flexibility index (Phi) is 17.9. The lowest BCUT2D eigenvalue weighted by Crippen LogP contribution is -2.54. The summed E-state index contributed by atoms with van der Waals surface area (Å²) in [6.07, 6.45) is 2.54. The number of carboxylic acids is 2. The molecule has 0 saturated carbocycles. The fourth-order valence-corrected chi connectivity index (χ4v) is 7.19. The van der Waals surface area contributed by atoms with Crippen LogP contribution in [0.2, 0.25) is 0 Å². The maximum atomic E-state index is 12.6. The normalized spacial score (nSPS) is 31.0. The molecule has 4 fully saturated rings. The van der Waals surface area contributed by atoms with Crippen molar-refractivity contribution in [3.05, 3.63) is 38.0 Å². The fourth-order valence-electron chi connectivity index (χ4n) is 7.19. The summed E-state index contributed by atoms with van der Waals surface area (Å²) in [7, 11) is 0. The van der Waals surface area contributed by atoms with Crippen molar-refractivity contribution in [2.45, 2.75) is 77.8 Å². The Balaban J connectivity index is 0.000000351. The monoisotopic (exact) mass is 763 g/mol. The number of amides is 2. The van der Waals surface area contributed by atoms with E-state index in [9.17, 15) is 48.6 Å².